The van der Waals surface area contributed by atoms with Gasteiger partial charge in [-0.15, -0.1) is 0 Å². The highest BCUT2D eigenvalue weighted by molar-refractivity contribution is 5.95. The van der Waals surface area contributed by atoms with Crippen LogP contribution < -0.4 is 10.1 Å². The van der Waals surface area contributed by atoms with E-state index in [2.05, 4.69) is 17.4 Å². The molecular weight excluding hydrogens is 388 g/mol. The van der Waals surface area contributed by atoms with Gasteiger partial charge in [-0.2, -0.15) is 0 Å². The molecule has 0 saturated carbocycles. The first-order valence-corrected chi connectivity index (χ1v) is 11.0. The van der Waals surface area contributed by atoms with Crippen molar-refractivity contribution in [1.29, 1.82) is 0 Å². The summed E-state index contributed by atoms with van der Waals surface area (Å²) in [5.41, 5.74) is 2.27. The second kappa shape index (κ2) is 11.3. The summed E-state index contributed by atoms with van der Waals surface area (Å²) in [5, 5.41) is 2.79. The number of nitrogens with one attached hydrogen (secondary N) is 1. The van der Waals surface area contributed by atoms with E-state index in [0.29, 0.717) is 5.92 Å². The van der Waals surface area contributed by atoms with Crippen LogP contribution in [0.25, 0.3) is 6.08 Å². The fourth-order valence-electron chi connectivity index (χ4n) is 3.94. The van der Waals surface area contributed by atoms with Crippen molar-refractivity contribution in [3.05, 3.63) is 71.8 Å². The van der Waals surface area contributed by atoms with Gasteiger partial charge in [-0.05, 0) is 67.9 Å². The Kier molecular flexibility index (Phi) is 8.27. The van der Waals surface area contributed by atoms with Crippen LogP contribution in [-0.2, 0) is 16.0 Å². The molecule has 1 fully saturated rings. The van der Waals surface area contributed by atoms with Crippen molar-refractivity contribution >= 4 is 17.9 Å². The predicted molar refractivity (Wildman–Crippen MR) is 124 cm³/mol. The average Bonchev–Trinajstić information content (AvgIpc) is 2.82. The van der Waals surface area contributed by atoms with E-state index in [1.807, 2.05) is 47.4 Å². The number of rotatable bonds is 8. The number of benzene rings is 2. The lowest BCUT2D eigenvalue weighted by atomic mass is 9.90. The van der Waals surface area contributed by atoms with Gasteiger partial charge in [0.25, 0.3) is 0 Å². The normalized spacial score (nSPS) is 15.6. The Balaban J connectivity index is 1.39. The minimum absolute atomic E-state index is 0.00457. The van der Waals surface area contributed by atoms with Gasteiger partial charge in [0, 0.05) is 19.2 Å². The largest absolute Gasteiger partial charge is 0.497 e. The molecule has 1 atom stereocenters. The van der Waals surface area contributed by atoms with Crippen molar-refractivity contribution < 1.29 is 14.3 Å². The molecule has 0 spiro atoms. The van der Waals surface area contributed by atoms with Gasteiger partial charge in [0.1, 0.15) is 11.8 Å². The molecule has 3 rings (SSSR count). The SMILES string of the molecule is COc1ccc(CCC2CCN(C(=O)C(C)NC(=O)/C=C/c3ccccc3)CC2)cc1. The van der Waals surface area contributed by atoms with Crippen molar-refractivity contribution in [3.8, 4) is 5.75 Å². The molecule has 1 N–H and O–H groups in total. The number of likely N-dealkylation sites (tertiary alicyclic amines) is 1. The van der Waals surface area contributed by atoms with Gasteiger partial charge in [0.05, 0.1) is 7.11 Å². The van der Waals surface area contributed by atoms with Crippen LogP contribution in [0, 0.1) is 5.92 Å². The Hall–Kier alpha value is -3.08. The van der Waals surface area contributed by atoms with Gasteiger partial charge >= 0.3 is 0 Å². The van der Waals surface area contributed by atoms with Crippen LogP contribution in [0.5, 0.6) is 5.75 Å². The zero-order valence-electron chi connectivity index (χ0n) is 18.4. The summed E-state index contributed by atoms with van der Waals surface area (Å²) in [7, 11) is 1.68. The van der Waals surface area contributed by atoms with E-state index in [-0.39, 0.29) is 11.8 Å². The van der Waals surface area contributed by atoms with Crippen LogP contribution >= 0.6 is 0 Å². The topological polar surface area (TPSA) is 58.6 Å². The number of methoxy groups -OCH3 is 1. The van der Waals surface area contributed by atoms with Gasteiger partial charge < -0.3 is 15.0 Å². The number of carbonyl (C=O) groups is 2. The third-order valence-electron chi connectivity index (χ3n) is 5.88. The summed E-state index contributed by atoms with van der Waals surface area (Å²) in [4.78, 5) is 26.8. The van der Waals surface area contributed by atoms with Crippen molar-refractivity contribution in [2.45, 2.75) is 38.6 Å². The smallest absolute Gasteiger partial charge is 0.244 e. The van der Waals surface area contributed by atoms with Crippen molar-refractivity contribution in [2.75, 3.05) is 20.2 Å². The lowest BCUT2D eigenvalue weighted by Crippen LogP contribution is -2.49. The molecule has 0 bridgehead atoms. The van der Waals surface area contributed by atoms with Gasteiger partial charge in [-0.25, -0.2) is 0 Å². The average molecular weight is 421 g/mol. The minimum Gasteiger partial charge on any atom is -0.497 e. The number of piperidine rings is 1. The van der Waals surface area contributed by atoms with Crippen LogP contribution in [0.15, 0.2) is 60.7 Å². The maximum atomic E-state index is 12.7. The number of hydrogen-bond acceptors (Lipinski definition) is 3. The summed E-state index contributed by atoms with van der Waals surface area (Å²) in [5.74, 6) is 1.26. The zero-order valence-corrected chi connectivity index (χ0v) is 18.4. The molecule has 0 aromatic heterocycles. The molecule has 1 aliphatic heterocycles. The van der Waals surface area contributed by atoms with E-state index < -0.39 is 6.04 Å². The molecule has 1 heterocycles. The molecular formula is C26H32N2O3. The third kappa shape index (κ3) is 6.99. The van der Waals surface area contributed by atoms with Crippen molar-refractivity contribution in [2.24, 2.45) is 5.92 Å². The minimum atomic E-state index is -0.524. The zero-order chi connectivity index (χ0) is 22.1. The van der Waals surface area contributed by atoms with E-state index in [9.17, 15) is 9.59 Å². The first-order valence-electron chi connectivity index (χ1n) is 11.0. The standard InChI is InChI=1S/C26H32N2O3/c1-20(27-25(29)15-12-21-6-4-3-5-7-21)26(30)28-18-16-23(17-19-28)9-8-22-10-13-24(31-2)14-11-22/h3-7,10-15,20,23H,8-9,16-19H2,1-2H3,(H,27,29)/b15-12+. The van der Waals surface area contributed by atoms with Gasteiger partial charge in [0.15, 0.2) is 0 Å². The number of carbonyl (C=O) groups excluding carboxylic acids is 2. The molecule has 0 aliphatic carbocycles. The molecule has 1 unspecified atom stereocenters. The van der Waals surface area contributed by atoms with E-state index >= 15 is 0 Å². The molecule has 2 aromatic rings. The third-order valence-corrected chi connectivity index (χ3v) is 5.88. The summed E-state index contributed by atoms with van der Waals surface area (Å²) < 4.78 is 5.21. The number of amides is 2. The van der Waals surface area contributed by atoms with E-state index in [1.54, 1.807) is 20.1 Å². The first-order chi connectivity index (χ1) is 15.0. The van der Waals surface area contributed by atoms with Gasteiger partial charge in [0.2, 0.25) is 11.8 Å². The molecule has 2 amide bonds. The van der Waals surface area contributed by atoms with Gasteiger partial charge in [-0.1, -0.05) is 42.5 Å². The van der Waals surface area contributed by atoms with E-state index in [4.69, 9.17) is 4.74 Å². The van der Waals surface area contributed by atoms with Gasteiger partial charge in [-0.3, -0.25) is 9.59 Å². The highest BCUT2D eigenvalue weighted by Crippen LogP contribution is 2.23. The second-order valence-electron chi connectivity index (χ2n) is 8.13. The van der Waals surface area contributed by atoms with E-state index in [1.165, 1.54) is 11.6 Å². The molecule has 5 nitrogen and oxygen atoms in total. The Morgan fingerprint density at radius 3 is 2.42 bits per heavy atom. The molecule has 5 heteroatoms. The summed E-state index contributed by atoms with van der Waals surface area (Å²) in [6, 6.07) is 17.3. The Morgan fingerprint density at radius 1 is 1.10 bits per heavy atom. The Bertz CT molecular complexity index is 869. The fourth-order valence-corrected chi connectivity index (χ4v) is 3.94. The molecule has 0 radical (unpaired) electrons. The maximum absolute atomic E-state index is 12.7. The molecule has 1 aliphatic rings. The molecule has 1 saturated heterocycles. The summed E-state index contributed by atoms with van der Waals surface area (Å²) in [6.07, 6.45) is 7.42. The highest BCUT2D eigenvalue weighted by Gasteiger charge is 2.26. The molecule has 2 aromatic carbocycles. The van der Waals surface area contributed by atoms with Crippen LogP contribution in [-0.4, -0.2) is 43.0 Å². The lowest BCUT2D eigenvalue weighted by molar-refractivity contribution is -0.136. The van der Waals surface area contributed by atoms with Crippen LogP contribution in [0.1, 0.15) is 37.3 Å². The quantitative estimate of drug-likeness (QED) is 0.655. The number of hydrogen-bond donors (Lipinski definition) is 1. The monoisotopic (exact) mass is 420 g/mol. The van der Waals surface area contributed by atoms with E-state index in [0.717, 1.165) is 50.1 Å². The summed E-state index contributed by atoms with van der Waals surface area (Å²) >= 11 is 0. The summed E-state index contributed by atoms with van der Waals surface area (Å²) in [6.45, 7) is 3.27. The Morgan fingerprint density at radius 2 is 1.77 bits per heavy atom. The van der Waals surface area contributed by atoms with Crippen LogP contribution in [0.2, 0.25) is 0 Å². The molecule has 31 heavy (non-hydrogen) atoms. The second-order valence-corrected chi connectivity index (χ2v) is 8.13. The number of nitrogens with zero attached hydrogens (tertiary/aromatic N) is 1. The predicted octanol–water partition coefficient (Wildman–Crippen LogP) is 4.08. The first kappa shape index (κ1) is 22.6. The lowest BCUT2D eigenvalue weighted by Gasteiger charge is -2.33. The fraction of sp³-hybridized carbons (Fsp3) is 0.385. The van der Waals surface area contributed by atoms with Crippen molar-refractivity contribution in [1.82, 2.24) is 10.2 Å². The van der Waals surface area contributed by atoms with Crippen LogP contribution in [0.4, 0.5) is 0 Å². The molecule has 164 valence electrons. The maximum Gasteiger partial charge on any atom is 0.244 e. The number of ether oxygens (including phenoxy) is 1. The van der Waals surface area contributed by atoms with Crippen LogP contribution in [0.3, 0.4) is 0 Å². The number of aryl methyl sites for hydroxylation is 1. The van der Waals surface area contributed by atoms with Crippen molar-refractivity contribution in [3.63, 3.8) is 0 Å². The highest BCUT2D eigenvalue weighted by atomic mass is 16.5. The Labute approximate surface area is 185 Å².